The number of nitrogens with zero attached hydrogens (tertiary/aromatic N) is 3. The number of phenols is 1. The highest BCUT2D eigenvalue weighted by Crippen LogP contribution is 2.15. The lowest BCUT2D eigenvalue weighted by molar-refractivity contribution is 0.475. The number of aromatic nitrogens is 3. The summed E-state index contributed by atoms with van der Waals surface area (Å²) in [6.07, 6.45) is 2.51. The van der Waals surface area contributed by atoms with Gasteiger partial charge in [0, 0.05) is 23.7 Å². The van der Waals surface area contributed by atoms with Crippen LogP contribution in [-0.2, 0) is 6.42 Å². The summed E-state index contributed by atoms with van der Waals surface area (Å²) in [5, 5.41) is 18.1. The van der Waals surface area contributed by atoms with Crippen molar-refractivity contribution in [1.29, 1.82) is 0 Å². The lowest BCUT2D eigenvalue weighted by Crippen LogP contribution is -1.95. The molecular weight excluding hydrogens is 250 g/mol. The third-order valence-electron chi connectivity index (χ3n) is 2.74. The topological polar surface area (TPSA) is 50.4 Å². The fourth-order valence-electron chi connectivity index (χ4n) is 1.83. The van der Waals surface area contributed by atoms with Gasteiger partial charge in [-0.05, 0) is 23.8 Å². The molecule has 18 heavy (non-hydrogen) atoms. The van der Waals surface area contributed by atoms with Gasteiger partial charge in [0.15, 0.2) is 5.65 Å². The van der Waals surface area contributed by atoms with E-state index in [0.29, 0.717) is 11.4 Å². The molecule has 0 amide bonds. The zero-order valence-electron chi connectivity index (χ0n) is 9.42. The monoisotopic (exact) mass is 259 g/mol. The molecule has 0 bridgehead atoms. The van der Waals surface area contributed by atoms with Crippen molar-refractivity contribution in [1.82, 2.24) is 14.6 Å². The first-order valence-electron chi connectivity index (χ1n) is 5.49. The molecule has 3 aromatic rings. The van der Waals surface area contributed by atoms with E-state index in [1.807, 2.05) is 22.7 Å². The molecule has 0 spiro atoms. The van der Waals surface area contributed by atoms with Gasteiger partial charge in [-0.2, -0.15) is 0 Å². The molecule has 5 heteroatoms. The molecule has 4 nitrogen and oxygen atoms in total. The van der Waals surface area contributed by atoms with Gasteiger partial charge in [-0.1, -0.05) is 23.7 Å². The summed E-state index contributed by atoms with van der Waals surface area (Å²) in [6.45, 7) is 0. The number of rotatable bonds is 2. The Balaban J connectivity index is 1.97. The van der Waals surface area contributed by atoms with E-state index in [1.54, 1.807) is 24.3 Å². The third kappa shape index (κ3) is 2.02. The number of hydrogen-bond acceptors (Lipinski definition) is 3. The van der Waals surface area contributed by atoms with E-state index in [-0.39, 0.29) is 5.75 Å². The highest BCUT2D eigenvalue weighted by atomic mass is 35.5. The zero-order valence-corrected chi connectivity index (χ0v) is 10.2. The molecule has 0 atom stereocenters. The summed E-state index contributed by atoms with van der Waals surface area (Å²) < 4.78 is 1.90. The number of aromatic hydroxyl groups is 1. The molecule has 3 rings (SSSR count). The van der Waals surface area contributed by atoms with Gasteiger partial charge < -0.3 is 5.11 Å². The van der Waals surface area contributed by atoms with Crippen LogP contribution >= 0.6 is 11.6 Å². The number of benzene rings is 1. The van der Waals surface area contributed by atoms with Crippen LogP contribution < -0.4 is 0 Å². The molecule has 0 saturated carbocycles. The van der Waals surface area contributed by atoms with E-state index in [0.717, 1.165) is 17.0 Å². The van der Waals surface area contributed by atoms with Crippen LogP contribution in [0.25, 0.3) is 5.65 Å². The van der Waals surface area contributed by atoms with Crippen molar-refractivity contribution in [3.8, 4) is 5.75 Å². The van der Waals surface area contributed by atoms with Gasteiger partial charge >= 0.3 is 0 Å². The predicted molar refractivity (Wildman–Crippen MR) is 68.9 cm³/mol. The van der Waals surface area contributed by atoms with E-state index >= 15 is 0 Å². The molecule has 0 aliphatic carbocycles. The highest BCUT2D eigenvalue weighted by molar-refractivity contribution is 6.30. The highest BCUT2D eigenvalue weighted by Gasteiger charge is 2.06. The fraction of sp³-hybridized carbons (Fsp3) is 0.0769. The molecular formula is C13H10ClN3O. The Morgan fingerprint density at radius 1 is 1.11 bits per heavy atom. The Kier molecular flexibility index (Phi) is 2.64. The normalized spacial score (nSPS) is 10.9. The minimum atomic E-state index is 0.261. The minimum absolute atomic E-state index is 0.261. The minimum Gasteiger partial charge on any atom is -0.508 e. The number of fused-ring (bicyclic) bond motifs is 1. The van der Waals surface area contributed by atoms with E-state index in [1.165, 1.54) is 0 Å². The van der Waals surface area contributed by atoms with Gasteiger partial charge in [-0.15, -0.1) is 10.2 Å². The van der Waals surface area contributed by atoms with E-state index in [9.17, 15) is 5.11 Å². The van der Waals surface area contributed by atoms with Gasteiger partial charge in [0.05, 0.1) is 0 Å². The molecule has 0 unspecified atom stereocenters. The summed E-state index contributed by atoms with van der Waals surface area (Å²) in [7, 11) is 0. The second-order valence-corrected chi connectivity index (χ2v) is 4.47. The van der Waals surface area contributed by atoms with Gasteiger partial charge in [0.2, 0.25) is 0 Å². The van der Waals surface area contributed by atoms with Crippen LogP contribution in [0.15, 0.2) is 42.6 Å². The smallest absolute Gasteiger partial charge is 0.162 e. The first-order valence-corrected chi connectivity index (χ1v) is 5.87. The largest absolute Gasteiger partial charge is 0.508 e. The second-order valence-electron chi connectivity index (χ2n) is 4.03. The Morgan fingerprint density at radius 2 is 1.89 bits per heavy atom. The quantitative estimate of drug-likeness (QED) is 0.770. The maximum atomic E-state index is 9.24. The van der Waals surface area contributed by atoms with Crippen molar-refractivity contribution in [2.45, 2.75) is 6.42 Å². The predicted octanol–water partition coefficient (Wildman–Crippen LogP) is 2.68. The van der Waals surface area contributed by atoms with E-state index in [4.69, 9.17) is 11.6 Å². The van der Waals surface area contributed by atoms with Gasteiger partial charge in [0.25, 0.3) is 0 Å². The maximum Gasteiger partial charge on any atom is 0.162 e. The lowest BCUT2D eigenvalue weighted by atomic mass is 10.1. The Bertz CT molecular complexity index is 691. The summed E-state index contributed by atoms with van der Waals surface area (Å²) in [6, 6.07) is 10.6. The van der Waals surface area contributed by atoms with Crippen molar-refractivity contribution in [2.75, 3.05) is 0 Å². The number of hydrogen-bond donors (Lipinski definition) is 1. The second kappa shape index (κ2) is 4.31. The molecule has 1 N–H and O–H groups in total. The molecule has 0 radical (unpaired) electrons. The molecule has 2 aromatic heterocycles. The molecule has 0 fully saturated rings. The number of phenolic OH excluding ortho intramolecular Hbond substituents is 1. The maximum absolute atomic E-state index is 9.24. The van der Waals surface area contributed by atoms with Crippen molar-refractivity contribution >= 4 is 17.2 Å². The molecule has 1 aromatic carbocycles. The standard InChI is InChI=1S/C13H10ClN3O/c14-10-5-6-17-12(15-16-13(17)8-10)7-9-1-3-11(18)4-2-9/h1-6,8,18H,7H2. The summed E-state index contributed by atoms with van der Waals surface area (Å²) in [5.74, 6) is 1.10. The van der Waals surface area contributed by atoms with Crippen molar-refractivity contribution in [2.24, 2.45) is 0 Å². The SMILES string of the molecule is Oc1ccc(Cc2nnc3cc(Cl)ccn23)cc1. The number of pyridine rings is 1. The summed E-state index contributed by atoms with van der Waals surface area (Å²) in [4.78, 5) is 0. The Hall–Kier alpha value is -2.07. The molecule has 0 aliphatic rings. The number of halogens is 1. The molecule has 0 saturated heterocycles. The van der Waals surface area contributed by atoms with Crippen molar-refractivity contribution < 1.29 is 5.11 Å². The van der Waals surface area contributed by atoms with Crippen LogP contribution in [0.4, 0.5) is 0 Å². The summed E-state index contributed by atoms with van der Waals surface area (Å²) in [5.41, 5.74) is 1.80. The first kappa shape index (κ1) is 11.0. The molecule has 2 heterocycles. The van der Waals surface area contributed by atoms with E-state index in [2.05, 4.69) is 10.2 Å². The average molecular weight is 260 g/mol. The Labute approximate surface area is 108 Å². The van der Waals surface area contributed by atoms with Crippen LogP contribution in [0.5, 0.6) is 5.75 Å². The third-order valence-corrected chi connectivity index (χ3v) is 2.98. The first-order chi connectivity index (χ1) is 8.72. The van der Waals surface area contributed by atoms with Crippen LogP contribution in [-0.4, -0.2) is 19.7 Å². The van der Waals surface area contributed by atoms with Crippen molar-refractivity contribution in [3.63, 3.8) is 0 Å². The molecule has 0 aliphatic heterocycles. The van der Waals surface area contributed by atoms with Crippen LogP contribution in [0, 0.1) is 0 Å². The Morgan fingerprint density at radius 3 is 2.67 bits per heavy atom. The van der Waals surface area contributed by atoms with Gasteiger partial charge in [-0.3, -0.25) is 4.40 Å². The van der Waals surface area contributed by atoms with Crippen molar-refractivity contribution in [3.05, 3.63) is 59.0 Å². The summed E-state index contributed by atoms with van der Waals surface area (Å²) >= 11 is 5.90. The van der Waals surface area contributed by atoms with Crippen LogP contribution in [0.2, 0.25) is 5.02 Å². The van der Waals surface area contributed by atoms with E-state index < -0.39 is 0 Å². The fourth-order valence-corrected chi connectivity index (χ4v) is 1.99. The zero-order chi connectivity index (χ0) is 12.5. The van der Waals surface area contributed by atoms with Gasteiger partial charge in [0.1, 0.15) is 11.6 Å². The van der Waals surface area contributed by atoms with Crippen LogP contribution in [0.3, 0.4) is 0 Å². The molecule has 90 valence electrons. The van der Waals surface area contributed by atoms with Crippen LogP contribution in [0.1, 0.15) is 11.4 Å². The lowest BCUT2D eigenvalue weighted by Gasteiger charge is -2.01. The average Bonchev–Trinajstić information content (AvgIpc) is 2.74. The van der Waals surface area contributed by atoms with Gasteiger partial charge in [-0.25, -0.2) is 0 Å².